The molecule has 1 aliphatic heterocycles. The number of piperazine rings is 1. The van der Waals surface area contributed by atoms with E-state index in [0.29, 0.717) is 13.1 Å². The lowest BCUT2D eigenvalue weighted by atomic mass is 10.2. The second-order valence-electron chi connectivity index (χ2n) is 4.84. The van der Waals surface area contributed by atoms with Gasteiger partial charge in [-0.15, -0.1) is 0 Å². The van der Waals surface area contributed by atoms with Crippen LogP contribution in [-0.4, -0.2) is 46.3 Å². The van der Waals surface area contributed by atoms with E-state index >= 15 is 0 Å². The topological polar surface area (TPSA) is 87.3 Å². The third-order valence-corrected chi connectivity index (χ3v) is 4.30. The Hall–Kier alpha value is -1.44. The summed E-state index contributed by atoms with van der Waals surface area (Å²) in [5.74, 6) is -0.0515. The average molecular weight is 297 g/mol. The number of carbonyl (C=O) groups excluding carboxylic acids is 1. The lowest BCUT2D eigenvalue weighted by Crippen LogP contribution is -2.55. The van der Waals surface area contributed by atoms with Gasteiger partial charge in [-0.1, -0.05) is 12.1 Å². The minimum atomic E-state index is -3.17. The van der Waals surface area contributed by atoms with Gasteiger partial charge in [0.1, 0.15) is 0 Å². The summed E-state index contributed by atoms with van der Waals surface area (Å²) < 4.78 is 22.7. The number of hydrogen-bond donors (Lipinski definition) is 3. The number of benzene rings is 1. The van der Waals surface area contributed by atoms with Gasteiger partial charge in [-0.3, -0.25) is 4.79 Å². The van der Waals surface area contributed by atoms with E-state index in [1.54, 1.807) is 24.3 Å². The van der Waals surface area contributed by atoms with Crippen LogP contribution in [0.1, 0.15) is 5.56 Å². The van der Waals surface area contributed by atoms with Crippen molar-refractivity contribution in [2.45, 2.75) is 17.5 Å². The van der Waals surface area contributed by atoms with Crippen molar-refractivity contribution in [3.8, 4) is 0 Å². The molecule has 1 atom stereocenters. The van der Waals surface area contributed by atoms with Crippen LogP contribution < -0.4 is 16.0 Å². The number of amides is 1. The largest absolute Gasteiger partial charge is 0.351 e. The van der Waals surface area contributed by atoms with E-state index in [0.717, 1.165) is 18.7 Å². The van der Waals surface area contributed by atoms with E-state index in [1.165, 1.54) is 6.26 Å². The van der Waals surface area contributed by atoms with E-state index < -0.39 is 9.84 Å². The van der Waals surface area contributed by atoms with Gasteiger partial charge in [0.25, 0.3) is 0 Å². The molecule has 1 fully saturated rings. The number of rotatable bonds is 4. The van der Waals surface area contributed by atoms with Crippen molar-refractivity contribution in [1.29, 1.82) is 0 Å². The molecule has 1 amide bonds. The first-order valence-corrected chi connectivity index (χ1v) is 8.37. The zero-order chi connectivity index (χ0) is 14.6. The van der Waals surface area contributed by atoms with Gasteiger partial charge in [-0.05, 0) is 17.7 Å². The van der Waals surface area contributed by atoms with Crippen molar-refractivity contribution in [3.05, 3.63) is 29.8 Å². The predicted molar refractivity (Wildman–Crippen MR) is 76.1 cm³/mol. The third-order valence-electron chi connectivity index (χ3n) is 3.18. The molecule has 7 heteroatoms. The summed E-state index contributed by atoms with van der Waals surface area (Å²) in [5, 5.41) is 9.11. The lowest BCUT2D eigenvalue weighted by Gasteiger charge is -2.23. The molecule has 20 heavy (non-hydrogen) atoms. The van der Waals surface area contributed by atoms with E-state index in [-0.39, 0.29) is 16.8 Å². The molecule has 0 spiro atoms. The lowest BCUT2D eigenvalue weighted by molar-refractivity contribution is -0.123. The summed E-state index contributed by atoms with van der Waals surface area (Å²) in [5.41, 5.74) is 0.870. The van der Waals surface area contributed by atoms with Gasteiger partial charge < -0.3 is 16.0 Å². The minimum Gasteiger partial charge on any atom is -0.351 e. The predicted octanol–water partition coefficient (Wildman–Crippen LogP) is -0.732. The van der Waals surface area contributed by atoms with Gasteiger partial charge in [-0.2, -0.15) is 0 Å². The quantitative estimate of drug-likeness (QED) is 0.682. The summed E-state index contributed by atoms with van der Waals surface area (Å²) in [6.45, 7) is 2.66. The first-order valence-electron chi connectivity index (χ1n) is 6.47. The van der Waals surface area contributed by atoms with Crippen LogP contribution in [0.2, 0.25) is 0 Å². The summed E-state index contributed by atoms with van der Waals surface area (Å²) >= 11 is 0. The third kappa shape index (κ3) is 4.03. The summed E-state index contributed by atoms with van der Waals surface area (Å²) in [4.78, 5) is 12.2. The molecule has 0 saturated carbocycles. The first-order chi connectivity index (χ1) is 9.47. The molecule has 0 bridgehead atoms. The van der Waals surface area contributed by atoms with Crippen LogP contribution in [-0.2, 0) is 21.2 Å². The normalized spacial score (nSPS) is 19.6. The molecule has 0 radical (unpaired) electrons. The maximum absolute atomic E-state index is 11.9. The number of sulfone groups is 1. The summed E-state index contributed by atoms with van der Waals surface area (Å²) in [7, 11) is -3.17. The highest BCUT2D eigenvalue weighted by Gasteiger charge is 2.19. The average Bonchev–Trinajstić information content (AvgIpc) is 2.45. The molecule has 1 unspecified atom stereocenters. The van der Waals surface area contributed by atoms with Crippen LogP contribution in [0.4, 0.5) is 0 Å². The van der Waals surface area contributed by atoms with Crippen molar-refractivity contribution < 1.29 is 13.2 Å². The molecule has 0 aliphatic carbocycles. The van der Waals surface area contributed by atoms with Crippen molar-refractivity contribution >= 4 is 15.7 Å². The van der Waals surface area contributed by atoms with Gasteiger partial charge in [0, 0.05) is 32.4 Å². The fraction of sp³-hybridized carbons (Fsp3) is 0.462. The fourth-order valence-electron chi connectivity index (χ4n) is 2.01. The van der Waals surface area contributed by atoms with Crippen LogP contribution in [0, 0.1) is 0 Å². The molecule has 1 aromatic rings. The molecule has 1 heterocycles. The van der Waals surface area contributed by atoms with E-state index in [1.807, 2.05) is 0 Å². The van der Waals surface area contributed by atoms with Crippen molar-refractivity contribution in [2.24, 2.45) is 0 Å². The molecular formula is C13H19N3O3S. The molecule has 1 aliphatic rings. The van der Waals surface area contributed by atoms with Crippen molar-refractivity contribution in [2.75, 3.05) is 25.9 Å². The first kappa shape index (κ1) is 15.0. The highest BCUT2D eigenvalue weighted by atomic mass is 32.2. The maximum Gasteiger partial charge on any atom is 0.238 e. The van der Waals surface area contributed by atoms with Crippen LogP contribution in [0.25, 0.3) is 0 Å². The molecular weight excluding hydrogens is 278 g/mol. The van der Waals surface area contributed by atoms with E-state index in [9.17, 15) is 13.2 Å². The Morgan fingerprint density at radius 3 is 2.55 bits per heavy atom. The second kappa shape index (κ2) is 6.34. The number of hydrogen-bond acceptors (Lipinski definition) is 5. The van der Waals surface area contributed by atoms with Crippen LogP contribution in [0.15, 0.2) is 29.2 Å². The van der Waals surface area contributed by atoms with Gasteiger partial charge in [0.15, 0.2) is 9.84 Å². The Labute approximate surface area is 118 Å². The fourth-order valence-corrected chi connectivity index (χ4v) is 2.64. The zero-order valence-electron chi connectivity index (χ0n) is 11.3. The Morgan fingerprint density at radius 2 is 2.00 bits per heavy atom. The molecule has 3 N–H and O–H groups in total. The molecule has 1 aromatic carbocycles. The maximum atomic E-state index is 11.9. The molecule has 1 saturated heterocycles. The van der Waals surface area contributed by atoms with Crippen molar-refractivity contribution in [3.63, 3.8) is 0 Å². The van der Waals surface area contributed by atoms with Crippen molar-refractivity contribution in [1.82, 2.24) is 16.0 Å². The zero-order valence-corrected chi connectivity index (χ0v) is 12.2. The standard InChI is InChI=1S/C13H19N3O3S/c1-20(18,19)11-4-2-10(3-5-11)8-16-13(17)12-9-14-6-7-15-12/h2-5,12,14-15H,6-9H2,1H3,(H,16,17). The van der Waals surface area contributed by atoms with E-state index in [4.69, 9.17) is 0 Å². The van der Waals surface area contributed by atoms with Crippen LogP contribution in [0.3, 0.4) is 0 Å². The number of nitrogens with one attached hydrogen (secondary N) is 3. The summed E-state index contributed by atoms with van der Waals surface area (Å²) in [6, 6.07) is 6.32. The van der Waals surface area contributed by atoms with Crippen LogP contribution in [0.5, 0.6) is 0 Å². The molecule has 110 valence electrons. The summed E-state index contributed by atoms with van der Waals surface area (Å²) in [6.07, 6.45) is 1.17. The Kier molecular flexibility index (Phi) is 4.74. The highest BCUT2D eigenvalue weighted by molar-refractivity contribution is 7.90. The number of carbonyl (C=O) groups is 1. The highest BCUT2D eigenvalue weighted by Crippen LogP contribution is 2.10. The van der Waals surface area contributed by atoms with Gasteiger partial charge in [0.2, 0.25) is 5.91 Å². The van der Waals surface area contributed by atoms with Gasteiger partial charge in [0.05, 0.1) is 10.9 Å². The Bertz CT molecular complexity index is 563. The van der Waals surface area contributed by atoms with Crippen LogP contribution >= 0.6 is 0 Å². The molecule has 0 aromatic heterocycles. The Balaban J connectivity index is 1.89. The van der Waals surface area contributed by atoms with E-state index in [2.05, 4.69) is 16.0 Å². The Morgan fingerprint density at radius 1 is 1.30 bits per heavy atom. The van der Waals surface area contributed by atoms with Gasteiger partial charge in [-0.25, -0.2) is 8.42 Å². The minimum absolute atomic E-state index is 0.0515. The second-order valence-corrected chi connectivity index (χ2v) is 6.86. The smallest absolute Gasteiger partial charge is 0.238 e. The molecule has 6 nitrogen and oxygen atoms in total. The monoisotopic (exact) mass is 297 g/mol. The van der Waals surface area contributed by atoms with Gasteiger partial charge >= 0.3 is 0 Å². The SMILES string of the molecule is CS(=O)(=O)c1ccc(CNC(=O)C2CNCCN2)cc1. The molecule has 2 rings (SSSR count).